The number of aromatic nitrogens is 2. The molecule has 1 amide bonds. The van der Waals surface area contributed by atoms with Crippen LogP contribution < -0.4 is 25.4 Å². The summed E-state index contributed by atoms with van der Waals surface area (Å²) in [6, 6.07) is 12.7. The fourth-order valence-corrected chi connectivity index (χ4v) is 4.23. The van der Waals surface area contributed by atoms with Gasteiger partial charge in [-0.1, -0.05) is 24.8 Å². The van der Waals surface area contributed by atoms with Crippen molar-refractivity contribution in [2.75, 3.05) is 30.5 Å². The van der Waals surface area contributed by atoms with Crippen LogP contribution in [0.3, 0.4) is 0 Å². The van der Waals surface area contributed by atoms with Crippen molar-refractivity contribution in [1.29, 1.82) is 0 Å². The van der Waals surface area contributed by atoms with Gasteiger partial charge in [0, 0.05) is 36.5 Å². The number of aliphatic hydroxyl groups excluding tert-OH is 1. The van der Waals surface area contributed by atoms with Crippen molar-refractivity contribution in [2.45, 2.75) is 25.3 Å². The Kier molecular flexibility index (Phi) is 7.99. The zero-order valence-electron chi connectivity index (χ0n) is 20.5. The molecule has 0 spiro atoms. The number of nitrogens with two attached hydrogens (primary N) is 1. The molecule has 0 radical (unpaired) electrons. The van der Waals surface area contributed by atoms with Gasteiger partial charge in [0.05, 0.1) is 25.4 Å². The Hall–Kier alpha value is -4.44. The minimum atomic E-state index is -0.757. The highest BCUT2D eigenvalue weighted by atomic mass is 16.5. The first-order valence-electron chi connectivity index (χ1n) is 11.8. The summed E-state index contributed by atoms with van der Waals surface area (Å²) in [7, 11) is 1.56. The summed E-state index contributed by atoms with van der Waals surface area (Å²) in [5.74, 6) is 0.0792. The van der Waals surface area contributed by atoms with E-state index in [0.717, 1.165) is 25.1 Å². The second-order valence-corrected chi connectivity index (χ2v) is 8.52. The number of rotatable bonds is 11. The van der Waals surface area contributed by atoms with E-state index in [9.17, 15) is 14.7 Å². The average molecular weight is 504 g/mol. The maximum Gasteiger partial charge on any atom is 0.255 e. The lowest BCUT2D eigenvalue weighted by Gasteiger charge is -2.26. The highest BCUT2D eigenvalue weighted by molar-refractivity contribution is 5.95. The molecule has 3 aromatic rings. The summed E-state index contributed by atoms with van der Waals surface area (Å²) in [5.41, 5.74) is 7.66. The van der Waals surface area contributed by atoms with Crippen molar-refractivity contribution in [3.63, 3.8) is 0 Å². The van der Waals surface area contributed by atoms with Gasteiger partial charge in [-0.2, -0.15) is 4.98 Å². The van der Waals surface area contributed by atoms with Gasteiger partial charge >= 0.3 is 0 Å². The van der Waals surface area contributed by atoms with E-state index >= 15 is 0 Å². The van der Waals surface area contributed by atoms with E-state index in [1.165, 1.54) is 12.3 Å². The third-order valence-electron chi connectivity index (χ3n) is 6.14. The molecule has 1 aliphatic rings. The first-order valence-corrected chi connectivity index (χ1v) is 11.8. The summed E-state index contributed by atoms with van der Waals surface area (Å²) in [4.78, 5) is 34.7. The number of anilines is 3. The molecule has 10 nitrogen and oxygen atoms in total. The number of allylic oxidation sites excluding steroid dienone is 1. The Labute approximate surface area is 214 Å². The Bertz CT molecular complexity index is 1310. The number of carbonyl (C=O) groups excluding carboxylic acids is 2. The number of amides is 1. The molecule has 2 aromatic carbocycles. The fourth-order valence-electron chi connectivity index (χ4n) is 4.23. The highest BCUT2D eigenvalue weighted by Crippen LogP contribution is 2.35. The Morgan fingerprint density at radius 1 is 1.27 bits per heavy atom. The van der Waals surface area contributed by atoms with Crippen molar-refractivity contribution in [1.82, 2.24) is 9.97 Å². The van der Waals surface area contributed by atoms with E-state index in [4.69, 9.17) is 15.2 Å². The maximum absolute atomic E-state index is 12.0. The lowest BCUT2D eigenvalue weighted by molar-refractivity contribution is -0.114. The van der Waals surface area contributed by atoms with E-state index in [1.54, 1.807) is 31.4 Å². The van der Waals surface area contributed by atoms with Crippen molar-refractivity contribution in [2.24, 2.45) is 5.73 Å². The third-order valence-corrected chi connectivity index (χ3v) is 6.14. The van der Waals surface area contributed by atoms with Crippen molar-refractivity contribution in [3.05, 3.63) is 72.4 Å². The molecule has 1 aliphatic heterocycles. The van der Waals surface area contributed by atoms with Gasteiger partial charge in [0.2, 0.25) is 11.8 Å². The van der Waals surface area contributed by atoms with Crippen molar-refractivity contribution >= 4 is 29.0 Å². The topological polar surface area (TPSA) is 140 Å². The number of aliphatic hydroxyl groups is 1. The van der Waals surface area contributed by atoms with Crippen LogP contribution in [0.1, 0.15) is 28.8 Å². The Balaban J connectivity index is 1.62. The normalized spacial score (nSPS) is 14.8. The van der Waals surface area contributed by atoms with Crippen molar-refractivity contribution < 1.29 is 24.2 Å². The van der Waals surface area contributed by atoms with Gasteiger partial charge in [0.1, 0.15) is 17.1 Å². The number of hydrogen-bond donors (Lipinski definition) is 3. The second-order valence-electron chi connectivity index (χ2n) is 8.52. The smallest absolute Gasteiger partial charge is 0.255 e. The minimum Gasteiger partial charge on any atom is -0.494 e. The van der Waals surface area contributed by atoms with Gasteiger partial charge in [-0.15, -0.1) is 0 Å². The number of carbonyl (C=O) groups is 2. The average Bonchev–Trinajstić information content (AvgIpc) is 3.39. The van der Waals surface area contributed by atoms with Gasteiger partial charge in [0.25, 0.3) is 5.91 Å². The number of para-hydroxylation sites is 1. The third kappa shape index (κ3) is 5.87. The molecule has 2 heterocycles. The number of primary amides is 1. The SMILES string of the molecule is C=CC(=O)Cc1ccccc1Oc1nc(Nc2ccc(N3CCC[C@@H]3CO)cc2OC)ncc1C(N)=O. The van der Waals surface area contributed by atoms with Crippen molar-refractivity contribution in [3.8, 4) is 17.4 Å². The largest absolute Gasteiger partial charge is 0.494 e. The van der Waals surface area contributed by atoms with E-state index in [-0.39, 0.29) is 42.2 Å². The Morgan fingerprint density at radius 3 is 2.81 bits per heavy atom. The molecule has 1 atom stereocenters. The first kappa shape index (κ1) is 25.6. The fraction of sp³-hybridized carbons (Fsp3) is 0.259. The molecule has 0 bridgehead atoms. The van der Waals surface area contributed by atoms with Crippen LogP contribution in [0.25, 0.3) is 0 Å². The van der Waals surface area contributed by atoms with E-state index in [0.29, 0.717) is 22.7 Å². The highest BCUT2D eigenvalue weighted by Gasteiger charge is 2.25. The van der Waals surface area contributed by atoms with Crippen LogP contribution >= 0.6 is 0 Å². The molecule has 0 saturated carbocycles. The predicted molar refractivity (Wildman–Crippen MR) is 140 cm³/mol. The molecule has 4 rings (SSSR count). The van der Waals surface area contributed by atoms with Crippen LogP contribution in [0.4, 0.5) is 17.3 Å². The lowest BCUT2D eigenvalue weighted by Crippen LogP contribution is -2.31. The molecule has 192 valence electrons. The van der Waals surface area contributed by atoms with E-state index in [1.807, 2.05) is 18.2 Å². The number of ketones is 1. The lowest BCUT2D eigenvalue weighted by atomic mass is 10.1. The number of nitrogens with zero attached hydrogens (tertiary/aromatic N) is 3. The van der Waals surface area contributed by atoms with Crippen LogP contribution in [0, 0.1) is 0 Å². The quantitative estimate of drug-likeness (QED) is 0.336. The minimum absolute atomic E-state index is 0.0122. The molecule has 0 unspecified atom stereocenters. The molecular weight excluding hydrogens is 474 g/mol. The number of hydrogen-bond acceptors (Lipinski definition) is 9. The van der Waals surface area contributed by atoms with Crippen LogP contribution in [0.15, 0.2) is 61.3 Å². The van der Waals surface area contributed by atoms with Gasteiger partial charge in [-0.25, -0.2) is 4.98 Å². The molecule has 10 heteroatoms. The zero-order chi connectivity index (χ0) is 26.4. The molecule has 37 heavy (non-hydrogen) atoms. The number of benzene rings is 2. The molecule has 4 N–H and O–H groups in total. The maximum atomic E-state index is 12.0. The Morgan fingerprint density at radius 2 is 2.08 bits per heavy atom. The summed E-state index contributed by atoms with van der Waals surface area (Å²) in [6.45, 7) is 4.46. The van der Waals surface area contributed by atoms with E-state index in [2.05, 4.69) is 26.8 Å². The predicted octanol–water partition coefficient (Wildman–Crippen LogP) is 3.38. The summed E-state index contributed by atoms with van der Waals surface area (Å²) >= 11 is 0. The summed E-state index contributed by atoms with van der Waals surface area (Å²) < 4.78 is 11.5. The number of ether oxygens (including phenoxy) is 2. The molecule has 0 aliphatic carbocycles. The van der Waals surface area contributed by atoms with Gasteiger partial charge < -0.3 is 30.5 Å². The molecular formula is C27H29N5O5. The number of nitrogens with one attached hydrogen (secondary N) is 1. The standard InChI is InChI=1S/C27H29N5O5/c1-3-20(34)13-17-7-4-5-9-23(17)37-26-21(25(28)35)15-29-27(31-26)30-22-11-10-18(14-24(22)36-2)32-12-6-8-19(32)16-33/h3-5,7,9-11,14-15,19,33H,1,6,8,12-13,16H2,2H3,(H2,28,35)(H,29,30,31)/t19-/m1/s1. The van der Waals surface area contributed by atoms with Crippen LogP contribution in [0.5, 0.6) is 17.4 Å². The molecule has 1 saturated heterocycles. The van der Waals surface area contributed by atoms with E-state index < -0.39 is 5.91 Å². The zero-order valence-corrected chi connectivity index (χ0v) is 20.5. The first-order chi connectivity index (χ1) is 17.9. The van der Waals surface area contributed by atoms with Gasteiger partial charge in [-0.3, -0.25) is 9.59 Å². The number of methoxy groups -OCH3 is 1. The van der Waals surface area contributed by atoms with Gasteiger partial charge in [-0.05, 0) is 37.1 Å². The second kappa shape index (κ2) is 11.5. The van der Waals surface area contributed by atoms with Crippen LogP contribution in [-0.2, 0) is 11.2 Å². The molecule has 1 aromatic heterocycles. The van der Waals surface area contributed by atoms with Crippen LogP contribution in [-0.4, -0.2) is 53.1 Å². The van der Waals surface area contributed by atoms with Crippen LogP contribution in [0.2, 0.25) is 0 Å². The monoisotopic (exact) mass is 503 g/mol. The molecule has 1 fully saturated rings. The van der Waals surface area contributed by atoms with Gasteiger partial charge in [0.15, 0.2) is 5.78 Å². The summed E-state index contributed by atoms with van der Waals surface area (Å²) in [6.07, 6.45) is 4.55. The summed E-state index contributed by atoms with van der Waals surface area (Å²) in [5, 5.41) is 12.8.